The van der Waals surface area contributed by atoms with Gasteiger partial charge in [0.05, 0.1) is 6.04 Å². The molecule has 0 aromatic carbocycles. The summed E-state index contributed by atoms with van der Waals surface area (Å²) >= 11 is 1.73. The van der Waals surface area contributed by atoms with Gasteiger partial charge in [-0.05, 0) is 32.1 Å². The first-order chi connectivity index (χ1) is 9.67. The van der Waals surface area contributed by atoms with Crippen LogP contribution in [0.2, 0.25) is 0 Å². The highest BCUT2D eigenvalue weighted by Crippen LogP contribution is 2.21. The number of hydrogen-bond donors (Lipinski definition) is 1. The Kier molecular flexibility index (Phi) is 5.42. The molecular weight excluding hydrogens is 276 g/mol. The molecule has 2 rings (SSSR count). The minimum Gasteiger partial charge on any atom is -0.337 e. The van der Waals surface area contributed by atoms with E-state index in [9.17, 15) is 4.79 Å². The van der Waals surface area contributed by atoms with Crippen LogP contribution in [-0.4, -0.2) is 52.6 Å². The van der Waals surface area contributed by atoms with Crippen molar-refractivity contribution < 1.29 is 9.32 Å². The second-order valence-corrected chi connectivity index (χ2v) is 5.95. The van der Waals surface area contributed by atoms with Crippen molar-refractivity contribution in [2.24, 2.45) is 0 Å². The number of nitrogens with one attached hydrogen (secondary N) is 1. The standard InChI is InChI=1S/C13H22N4O2S/c1-4-9(8-20-3)17(2)13(18)11-15-12(19-16-11)10-6-5-7-14-10/h9-10,14H,4-8H2,1-3H3. The zero-order valence-electron chi connectivity index (χ0n) is 12.3. The largest absolute Gasteiger partial charge is 0.337 e. The Hall–Kier alpha value is -1.08. The first-order valence-electron chi connectivity index (χ1n) is 7.00. The van der Waals surface area contributed by atoms with E-state index in [1.165, 1.54) is 0 Å². The molecule has 0 spiro atoms. The first-order valence-corrected chi connectivity index (χ1v) is 8.39. The highest BCUT2D eigenvalue weighted by Gasteiger charge is 2.27. The van der Waals surface area contributed by atoms with E-state index in [0.717, 1.165) is 31.6 Å². The lowest BCUT2D eigenvalue weighted by Crippen LogP contribution is -2.38. The monoisotopic (exact) mass is 298 g/mol. The molecule has 0 bridgehead atoms. The van der Waals surface area contributed by atoms with E-state index in [1.54, 1.807) is 23.7 Å². The fraction of sp³-hybridized carbons (Fsp3) is 0.769. The minimum absolute atomic E-state index is 0.0996. The van der Waals surface area contributed by atoms with Crippen molar-refractivity contribution >= 4 is 17.7 Å². The maximum Gasteiger partial charge on any atom is 0.295 e. The summed E-state index contributed by atoms with van der Waals surface area (Å²) in [6.07, 6.45) is 5.04. The quantitative estimate of drug-likeness (QED) is 0.862. The summed E-state index contributed by atoms with van der Waals surface area (Å²) in [6.45, 7) is 3.04. The van der Waals surface area contributed by atoms with E-state index in [-0.39, 0.29) is 23.8 Å². The SMILES string of the molecule is CCC(CSC)N(C)C(=O)c1noc(C2CCCN2)n1. The highest BCUT2D eigenvalue weighted by molar-refractivity contribution is 7.98. The van der Waals surface area contributed by atoms with Crippen LogP contribution in [0, 0.1) is 0 Å². The summed E-state index contributed by atoms with van der Waals surface area (Å²) in [5.41, 5.74) is 0. The Balaban J connectivity index is 2.04. The predicted octanol–water partition coefficient (Wildman–Crippen LogP) is 1.71. The van der Waals surface area contributed by atoms with Crippen molar-refractivity contribution in [1.82, 2.24) is 20.4 Å². The van der Waals surface area contributed by atoms with Gasteiger partial charge >= 0.3 is 0 Å². The molecule has 1 aromatic heterocycles. The molecular formula is C13H22N4O2S. The molecule has 1 saturated heterocycles. The average molecular weight is 298 g/mol. The summed E-state index contributed by atoms with van der Waals surface area (Å²) in [5, 5.41) is 7.12. The van der Waals surface area contributed by atoms with E-state index < -0.39 is 0 Å². The van der Waals surface area contributed by atoms with Gasteiger partial charge < -0.3 is 14.7 Å². The Morgan fingerprint density at radius 3 is 3.05 bits per heavy atom. The molecule has 1 aromatic rings. The van der Waals surface area contributed by atoms with Gasteiger partial charge in [0, 0.05) is 18.8 Å². The Morgan fingerprint density at radius 2 is 2.45 bits per heavy atom. The lowest BCUT2D eigenvalue weighted by molar-refractivity contribution is 0.0728. The predicted molar refractivity (Wildman–Crippen MR) is 78.8 cm³/mol. The molecule has 0 aliphatic carbocycles. The van der Waals surface area contributed by atoms with Gasteiger partial charge in [0.25, 0.3) is 11.7 Å². The van der Waals surface area contributed by atoms with Crippen molar-refractivity contribution in [3.63, 3.8) is 0 Å². The van der Waals surface area contributed by atoms with Crippen LogP contribution in [-0.2, 0) is 0 Å². The van der Waals surface area contributed by atoms with Gasteiger partial charge in [-0.15, -0.1) is 0 Å². The van der Waals surface area contributed by atoms with Gasteiger partial charge in [0.2, 0.25) is 5.89 Å². The Bertz CT molecular complexity index is 445. The number of carbonyl (C=O) groups is 1. The number of hydrogen-bond acceptors (Lipinski definition) is 6. The minimum atomic E-state index is -0.168. The van der Waals surface area contributed by atoms with Crippen molar-refractivity contribution in [2.75, 3.05) is 25.6 Å². The molecule has 1 fully saturated rings. The summed E-state index contributed by atoms with van der Waals surface area (Å²) in [7, 11) is 1.80. The number of amides is 1. The van der Waals surface area contributed by atoms with Crippen molar-refractivity contribution in [3.8, 4) is 0 Å². The third-order valence-electron chi connectivity index (χ3n) is 3.69. The van der Waals surface area contributed by atoms with E-state index in [0.29, 0.717) is 5.89 Å². The number of aromatic nitrogens is 2. The smallest absolute Gasteiger partial charge is 0.295 e. The second kappa shape index (κ2) is 7.08. The van der Waals surface area contributed by atoms with Gasteiger partial charge in [0.1, 0.15) is 0 Å². The maximum absolute atomic E-state index is 12.4. The molecule has 2 atom stereocenters. The third-order valence-corrected chi connectivity index (χ3v) is 4.41. The molecule has 7 heteroatoms. The molecule has 112 valence electrons. The zero-order valence-corrected chi connectivity index (χ0v) is 13.1. The van der Waals surface area contributed by atoms with E-state index in [1.807, 2.05) is 6.26 Å². The summed E-state index contributed by atoms with van der Waals surface area (Å²) < 4.78 is 5.22. The summed E-state index contributed by atoms with van der Waals surface area (Å²) in [5.74, 6) is 1.43. The van der Waals surface area contributed by atoms with Crippen LogP contribution in [0.25, 0.3) is 0 Å². The van der Waals surface area contributed by atoms with E-state index >= 15 is 0 Å². The zero-order chi connectivity index (χ0) is 14.5. The van der Waals surface area contributed by atoms with Gasteiger partial charge in [-0.2, -0.15) is 16.7 Å². The Morgan fingerprint density at radius 1 is 1.65 bits per heavy atom. The number of nitrogens with zero attached hydrogens (tertiary/aromatic N) is 3. The molecule has 0 radical (unpaired) electrons. The number of rotatable bonds is 6. The highest BCUT2D eigenvalue weighted by atomic mass is 32.2. The molecule has 1 aliphatic heterocycles. The second-order valence-electron chi connectivity index (χ2n) is 5.04. The normalized spacial score (nSPS) is 20.1. The van der Waals surface area contributed by atoms with Crippen molar-refractivity contribution in [1.29, 1.82) is 0 Å². The van der Waals surface area contributed by atoms with Gasteiger partial charge in [-0.25, -0.2) is 0 Å². The molecule has 1 N–H and O–H groups in total. The fourth-order valence-electron chi connectivity index (χ4n) is 2.38. The molecule has 0 saturated carbocycles. The lowest BCUT2D eigenvalue weighted by Gasteiger charge is -2.25. The van der Waals surface area contributed by atoms with Gasteiger partial charge in [-0.1, -0.05) is 12.1 Å². The summed E-state index contributed by atoms with van der Waals surface area (Å²) in [4.78, 5) is 18.3. The Labute approximate surface area is 123 Å². The van der Waals surface area contributed by atoms with Crippen molar-refractivity contribution in [3.05, 3.63) is 11.7 Å². The third kappa shape index (κ3) is 3.32. The topological polar surface area (TPSA) is 71.3 Å². The summed E-state index contributed by atoms with van der Waals surface area (Å²) in [6, 6.07) is 0.298. The molecule has 6 nitrogen and oxygen atoms in total. The number of thioether (sulfide) groups is 1. The van der Waals surface area contributed by atoms with E-state index in [4.69, 9.17) is 4.52 Å². The molecule has 2 heterocycles. The number of carbonyl (C=O) groups excluding carboxylic acids is 1. The van der Waals surface area contributed by atoms with Crippen LogP contribution in [0.15, 0.2) is 4.52 Å². The molecule has 1 amide bonds. The van der Waals surface area contributed by atoms with Crippen LogP contribution in [0.4, 0.5) is 0 Å². The van der Waals surface area contributed by atoms with Crippen LogP contribution in [0.3, 0.4) is 0 Å². The van der Waals surface area contributed by atoms with E-state index in [2.05, 4.69) is 22.4 Å². The van der Waals surface area contributed by atoms with Gasteiger partial charge in [0.15, 0.2) is 0 Å². The first kappa shape index (κ1) is 15.3. The maximum atomic E-state index is 12.4. The van der Waals surface area contributed by atoms with Crippen LogP contribution in [0.1, 0.15) is 48.7 Å². The van der Waals surface area contributed by atoms with Crippen LogP contribution < -0.4 is 5.32 Å². The molecule has 1 aliphatic rings. The fourth-order valence-corrected chi connectivity index (χ4v) is 3.22. The van der Waals surface area contributed by atoms with Crippen LogP contribution in [0.5, 0.6) is 0 Å². The van der Waals surface area contributed by atoms with Gasteiger partial charge in [-0.3, -0.25) is 4.79 Å². The molecule has 2 unspecified atom stereocenters. The van der Waals surface area contributed by atoms with Crippen molar-refractivity contribution in [2.45, 2.75) is 38.3 Å². The average Bonchev–Trinajstić information content (AvgIpc) is 3.12. The van der Waals surface area contributed by atoms with Crippen LogP contribution >= 0.6 is 11.8 Å². The molecule has 20 heavy (non-hydrogen) atoms. The lowest BCUT2D eigenvalue weighted by atomic mass is 10.2.